The predicted octanol–water partition coefficient (Wildman–Crippen LogP) is 7.03. The third-order valence-corrected chi connectivity index (χ3v) is 7.97. The molecule has 4 aromatic carbocycles. The number of benzene rings is 4. The van der Waals surface area contributed by atoms with Gasteiger partial charge in [-0.3, -0.25) is 9.59 Å². The second-order valence-corrected chi connectivity index (χ2v) is 10.3. The van der Waals surface area contributed by atoms with E-state index in [-0.39, 0.29) is 0 Å². The van der Waals surface area contributed by atoms with Crippen LogP contribution in [0.4, 0.5) is 5.69 Å². The molecule has 1 aliphatic heterocycles. The van der Waals surface area contributed by atoms with Gasteiger partial charge in [0.25, 0.3) is 0 Å². The molecule has 2 aliphatic rings. The maximum atomic E-state index is 13.8. The number of fused-ring (bicyclic) bond motifs is 1. The number of esters is 1. The minimum Gasteiger partial charge on any atom is -0.481 e. The number of rotatable bonds is 6. The van der Waals surface area contributed by atoms with Crippen LogP contribution in [-0.4, -0.2) is 17.0 Å². The molecular weight excluding hydrogens is 486 g/mol. The largest absolute Gasteiger partial charge is 0.481 e. The Hall–Kier alpha value is -4.64. The fourth-order valence-electron chi connectivity index (χ4n) is 6.09. The Morgan fingerprint density at radius 1 is 0.744 bits per heavy atom. The van der Waals surface area contributed by atoms with E-state index in [1.807, 2.05) is 84.9 Å². The lowest BCUT2D eigenvalue weighted by Crippen LogP contribution is -2.52. The fraction of sp³-hybridized carbons (Fsp3) is 0.176. The van der Waals surface area contributed by atoms with Crippen LogP contribution in [0.1, 0.15) is 34.9 Å². The van der Waals surface area contributed by atoms with Crippen molar-refractivity contribution in [2.75, 3.05) is 5.32 Å². The molecule has 1 fully saturated rings. The van der Waals surface area contributed by atoms with Gasteiger partial charge >= 0.3 is 11.9 Å². The average molecular weight is 516 g/mol. The lowest BCUT2D eigenvalue weighted by Gasteiger charge is -2.48. The number of hydrogen-bond acceptors (Lipinski definition) is 4. The highest BCUT2D eigenvalue weighted by Gasteiger charge is 2.59. The fourth-order valence-corrected chi connectivity index (χ4v) is 6.09. The quantitative estimate of drug-likeness (QED) is 0.213. The lowest BCUT2D eigenvalue weighted by atomic mass is 9.52. The molecule has 5 nitrogen and oxygen atoms in total. The van der Waals surface area contributed by atoms with Gasteiger partial charge in [0.15, 0.2) is 0 Å². The van der Waals surface area contributed by atoms with Gasteiger partial charge in [0.1, 0.15) is 5.75 Å². The molecule has 0 amide bonds. The number of aryl methyl sites for hydroxylation is 1. The van der Waals surface area contributed by atoms with Gasteiger partial charge in [0, 0.05) is 23.2 Å². The van der Waals surface area contributed by atoms with Crippen molar-refractivity contribution in [1.82, 2.24) is 0 Å². The van der Waals surface area contributed by atoms with E-state index in [4.69, 9.17) is 4.74 Å². The van der Waals surface area contributed by atoms with E-state index in [2.05, 4.69) is 24.0 Å². The van der Waals surface area contributed by atoms with E-state index >= 15 is 0 Å². The summed E-state index contributed by atoms with van der Waals surface area (Å²) in [5.74, 6) is -3.19. The molecule has 1 saturated carbocycles. The first kappa shape index (κ1) is 24.7. The summed E-state index contributed by atoms with van der Waals surface area (Å²) in [4.78, 5) is 26.2. The maximum Gasteiger partial charge on any atom is 0.315 e. The van der Waals surface area contributed by atoms with E-state index in [1.165, 1.54) is 5.56 Å². The number of aliphatic carboxylic acids is 1. The summed E-state index contributed by atoms with van der Waals surface area (Å²) < 4.78 is 5.98. The molecule has 0 spiro atoms. The van der Waals surface area contributed by atoms with Crippen molar-refractivity contribution in [3.63, 3.8) is 0 Å². The van der Waals surface area contributed by atoms with Crippen LogP contribution in [0.15, 0.2) is 115 Å². The average Bonchev–Trinajstić information content (AvgIpc) is 2.93. The number of anilines is 1. The number of carboxylic acid groups (broad SMARTS) is 1. The molecule has 2 N–H and O–H groups in total. The Morgan fingerprint density at radius 2 is 1.38 bits per heavy atom. The normalized spacial score (nSPS) is 21.7. The molecule has 4 aromatic rings. The Balaban J connectivity index is 1.30. The van der Waals surface area contributed by atoms with Crippen LogP contribution in [0.2, 0.25) is 0 Å². The second-order valence-electron chi connectivity index (χ2n) is 10.3. The topological polar surface area (TPSA) is 75.6 Å². The molecular formula is C34H29NO4. The van der Waals surface area contributed by atoms with Gasteiger partial charge in [-0.15, -0.1) is 0 Å². The van der Waals surface area contributed by atoms with E-state index in [1.54, 1.807) is 6.07 Å². The smallest absolute Gasteiger partial charge is 0.315 e. The van der Waals surface area contributed by atoms with Crippen molar-refractivity contribution in [2.45, 2.75) is 24.7 Å². The zero-order chi connectivity index (χ0) is 26.9. The SMILES string of the molecule is C=C1CCc2cc(-c3cccc(OC(=O)C4[C@@H](c5ccccc5)C(C(=O)O)[C@@H]4c4ccccc4)c3)ccc2N1. The molecule has 0 unspecified atom stereocenters. The van der Waals surface area contributed by atoms with Crippen molar-refractivity contribution >= 4 is 17.6 Å². The van der Waals surface area contributed by atoms with E-state index in [9.17, 15) is 14.7 Å². The first-order chi connectivity index (χ1) is 19.0. The Labute approximate surface area is 227 Å². The molecule has 2 atom stereocenters. The summed E-state index contributed by atoms with van der Waals surface area (Å²) in [6.07, 6.45) is 1.83. The van der Waals surface area contributed by atoms with Crippen LogP contribution in [0, 0.1) is 11.8 Å². The molecule has 0 radical (unpaired) electrons. The minimum absolute atomic E-state index is 0.416. The predicted molar refractivity (Wildman–Crippen MR) is 152 cm³/mol. The number of hydrogen-bond donors (Lipinski definition) is 2. The molecule has 194 valence electrons. The Bertz CT molecular complexity index is 1500. The van der Waals surface area contributed by atoms with Crippen LogP contribution < -0.4 is 10.1 Å². The summed E-state index contributed by atoms with van der Waals surface area (Å²) >= 11 is 0. The van der Waals surface area contributed by atoms with E-state index in [0.29, 0.717) is 5.75 Å². The highest BCUT2D eigenvalue weighted by atomic mass is 16.5. The molecule has 39 heavy (non-hydrogen) atoms. The van der Waals surface area contributed by atoms with Gasteiger partial charge in [0.05, 0.1) is 11.8 Å². The van der Waals surface area contributed by atoms with Gasteiger partial charge in [-0.05, 0) is 64.9 Å². The summed E-state index contributed by atoms with van der Waals surface area (Å²) in [5.41, 5.74) is 6.98. The van der Waals surface area contributed by atoms with Crippen LogP contribution in [0.25, 0.3) is 11.1 Å². The van der Waals surface area contributed by atoms with Crippen LogP contribution in [0.5, 0.6) is 5.75 Å². The monoisotopic (exact) mass is 515 g/mol. The summed E-state index contributed by atoms with van der Waals surface area (Å²) in [6.45, 7) is 4.03. The zero-order valence-corrected chi connectivity index (χ0v) is 21.4. The van der Waals surface area contributed by atoms with Crippen molar-refractivity contribution in [2.24, 2.45) is 11.8 Å². The first-order valence-electron chi connectivity index (χ1n) is 13.2. The van der Waals surface area contributed by atoms with Crippen LogP contribution in [-0.2, 0) is 16.0 Å². The third-order valence-electron chi connectivity index (χ3n) is 7.97. The van der Waals surface area contributed by atoms with Gasteiger partial charge in [-0.25, -0.2) is 0 Å². The molecule has 0 saturated heterocycles. The van der Waals surface area contributed by atoms with Crippen molar-refractivity contribution in [3.05, 3.63) is 132 Å². The maximum absolute atomic E-state index is 13.8. The summed E-state index contributed by atoms with van der Waals surface area (Å²) in [5, 5.41) is 13.5. The van der Waals surface area contributed by atoms with Crippen molar-refractivity contribution in [1.29, 1.82) is 0 Å². The highest BCUT2D eigenvalue weighted by molar-refractivity contribution is 5.86. The number of carboxylic acids is 1. The number of ether oxygens (including phenoxy) is 1. The number of carbonyl (C=O) groups excluding carboxylic acids is 1. The number of carbonyl (C=O) groups is 2. The highest BCUT2D eigenvalue weighted by Crippen LogP contribution is 2.58. The minimum atomic E-state index is -0.908. The van der Waals surface area contributed by atoms with Crippen molar-refractivity contribution < 1.29 is 19.4 Å². The molecule has 1 heterocycles. The number of allylic oxidation sites excluding steroid dienone is 1. The van der Waals surface area contributed by atoms with Crippen LogP contribution >= 0.6 is 0 Å². The first-order valence-corrected chi connectivity index (χ1v) is 13.2. The van der Waals surface area contributed by atoms with Gasteiger partial charge < -0.3 is 15.2 Å². The molecule has 1 aliphatic carbocycles. The lowest BCUT2D eigenvalue weighted by molar-refractivity contribution is -0.158. The molecule has 0 bridgehead atoms. The van der Waals surface area contributed by atoms with E-state index in [0.717, 1.165) is 46.5 Å². The molecule has 5 heteroatoms. The Kier molecular flexibility index (Phi) is 6.49. The van der Waals surface area contributed by atoms with Gasteiger partial charge in [0.2, 0.25) is 0 Å². The second kappa shape index (κ2) is 10.3. The zero-order valence-electron chi connectivity index (χ0n) is 21.4. The molecule has 6 rings (SSSR count). The van der Waals surface area contributed by atoms with Crippen LogP contribution in [0.3, 0.4) is 0 Å². The third kappa shape index (κ3) is 4.72. The van der Waals surface area contributed by atoms with Gasteiger partial charge in [-0.1, -0.05) is 85.4 Å². The summed E-state index contributed by atoms with van der Waals surface area (Å²) in [7, 11) is 0. The van der Waals surface area contributed by atoms with Crippen molar-refractivity contribution in [3.8, 4) is 16.9 Å². The number of nitrogens with one attached hydrogen (secondary N) is 1. The van der Waals surface area contributed by atoms with Gasteiger partial charge in [-0.2, -0.15) is 0 Å². The summed E-state index contributed by atoms with van der Waals surface area (Å²) in [6, 6.07) is 32.6. The Morgan fingerprint density at radius 3 is 2.03 bits per heavy atom. The standard InChI is InChI=1S/C34H29NO4/c1-21-15-16-26-19-25(17-18-28(26)35-21)24-13-8-14-27(20-24)39-34(38)32-29(22-9-4-2-5-10-22)31(33(36)37)30(32)23-11-6-3-7-12-23/h2-14,17-20,29-32,35H,1,15-16H2,(H,36,37)/t29-,30-,31?,32?/m0/s1. The molecule has 0 aromatic heterocycles. The van der Waals surface area contributed by atoms with E-state index < -0.39 is 35.6 Å².